The molecule has 0 aromatic heterocycles. The van der Waals surface area contributed by atoms with E-state index < -0.39 is 18.1 Å². The third kappa shape index (κ3) is 32.9. The minimum atomic E-state index is -1.14. The summed E-state index contributed by atoms with van der Waals surface area (Å²) in [5.41, 5.74) is 0. The third-order valence-electron chi connectivity index (χ3n) is 8.70. The van der Waals surface area contributed by atoms with E-state index >= 15 is 0 Å². The van der Waals surface area contributed by atoms with E-state index in [0.717, 1.165) is 57.8 Å². The van der Waals surface area contributed by atoms with Crippen molar-refractivity contribution < 1.29 is 38.2 Å². The van der Waals surface area contributed by atoms with E-state index in [1.165, 1.54) is 57.8 Å². The lowest BCUT2D eigenvalue weighted by Crippen LogP contribution is -2.55. The summed E-state index contributed by atoms with van der Waals surface area (Å²) in [5, 5.41) is 11.6. The van der Waals surface area contributed by atoms with Gasteiger partial charge in [0.05, 0.1) is 40.3 Å². The van der Waals surface area contributed by atoms with E-state index in [-0.39, 0.29) is 49.1 Å². The monoisotopic (exact) mass is 718 g/mol. The molecule has 0 aliphatic rings. The molecular formula is C43H75NO7. The number of rotatable bonds is 35. The minimum Gasteiger partial charge on any atom is -0.544 e. The number of quaternary nitrogens is 1. The van der Waals surface area contributed by atoms with Gasteiger partial charge in [0.1, 0.15) is 12.6 Å². The van der Waals surface area contributed by atoms with Gasteiger partial charge in [0.25, 0.3) is 0 Å². The van der Waals surface area contributed by atoms with Crippen molar-refractivity contribution in [1.29, 1.82) is 0 Å². The maximum absolute atomic E-state index is 12.6. The molecule has 0 aliphatic carbocycles. The van der Waals surface area contributed by atoms with Crippen LogP contribution in [0, 0.1) is 0 Å². The maximum atomic E-state index is 12.6. The van der Waals surface area contributed by atoms with E-state index in [1.807, 2.05) is 0 Å². The largest absolute Gasteiger partial charge is 0.544 e. The number of carbonyl (C=O) groups is 3. The summed E-state index contributed by atoms with van der Waals surface area (Å²) in [6.07, 6.45) is 38.6. The molecule has 8 heteroatoms. The average Bonchev–Trinajstić information content (AvgIpc) is 3.08. The Hall–Kier alpha value is -2.71. The summed E-state index contributed by atoms with van der Waals surface area (Å²) < 4.78 is 17.0. The van der Waals surface area contributed by atoms with Gasteiger partial charge in [-0.15, -0.1) is 0 Å². The maximum Gasteiger partial charge on any atom is 0.306 e. The zero-order chi connectivity index (χ0) is 37.8. The number of esters is 2. The number of allylic oxidation sites excluding steroid dienone is 8. The van der Waals surface area contributed by atoms with E-state index in [4.69, 9.17) is 14.2 Å². The van der Waals surface area contributed by atoms with Crippen LogP contribution in [0.5, 0.6) is 0 Å². The predicted molar refractivity (Wildman–Crippen MR) is 208 cm³/mol. The first kappa shape index (κ1) is 48.3. The molecule has 0 N–H and O–H groups in total. The highest BCUT2D eigenvalue weighted by molar-refractivity contribution is 5.70. The zero-order valence-corrected chi connectivity index (χ0v) is 33.3. The summed E-state index contributed by atoms with van der Waals surface area (Å²) in [6, 6.07) is -0.735. The lowest BCUT2D eigenvalue weighted by Gasteiger charge is -2.34. The fraction of sp³-hybridized carbons (Fsp3) is 0.744. The third-order valence-corrected chi connectivity index (χ3v) is 8.70. The van der Waals surface area contributed by atoms with Crippen LogP contribution in [0.1, 0.15) is 155 Å². The molecule has 0 radical (unpaired) electrons. The van der Waals surface area contributed by atoms with Gasteiger partial charge in [0.2, 0.25) is 0 Å². The topological polar surface area (TPSA) is 102 Å². The van der Waals surface area contributed by atoms with Crippen LogP contribution in [0.25, 0.3) is 0 Å². The predicted octanol–water partition coefficient (Wildman–Crippen LogP) is 9.13. The van der Waals surface area contributed by atoms with E-state index in [9.17, 15) is 19.5 Å². The quantitative estimate of drug-likeness (QED) is 0.0279. The van der Waals surface area contributed by atoms with Gasteiger partial charge in [-0.05, 0) is 64.2 Å². The first-order chi connectivity index (χ1) is 24.6. The molecule has 294 valence electrons. The van der Waals surface area contributed by atoms with Crippen molar-refractivity contribution in [2.75, 3.05) is 41.0 Å². The molecule has 0 bridgehead atoms. The van der Waals surface area contributed by atoms with Gasteiger partial charge >= 0.3 is 11.9 Å². The van der Waals surface area contributed by atoms with Crippen molar-refractivity contribution in [2.24, 2.45) is 0 Å². The normalized spacial score (nSPS) is 13.5. The lowest BCUT2D eigenvalue weighted by atomic mass is 10.1. The van der Waals surface area contributed by atoms with Crippen molar-refractivity contribution in [2.45, 2.75) is 167 Å². The van der Waals surface area contributed by atoms with Crippen LogP contribution in [-0.2, 0) is 28.6 Å². The molecule has 0 saturated carbocycles. The van der Waals surface area contributed by atoms with Crippen LogP contribution in [0.3, 0.4) is 0 Å². The Morgan fingerprint density at radius 3 is 1.71 bits per heavy atom. The van der Waals surface area contributed by atoms with Gasteiger partial charge in [0, 0.05) is 19.3 Å². The van der Waals surface area contributed by atoms with E-state index in [1.54, 1.807) is 21.1 Å². The standard InChI is InChI=1S/C43H75NO7/c1-6-8-10-12-14-16-18-19-20-21-22-24-25-27-29-31-33-41(45)50-38-39(37-49-36-35-40(43(47)48)44(3,4)5)51-42(46)34-32-30-28-26-23-17-15-13-11-9-7-2/h9,11,15,17,20-21,26,28,39-40H,6-8,10,12-14,16,18-19,22-25,27,29-38H2,1-5H3/b11-9+,17-15+,21-20+,28-26+. The van der Waals surface area contributed by atoms with Crippen molar-refractivity contribution in [3.63, 3.8) is 0 Å². The Labute approximate surface area is 312 Å². The Morgan fingerprint density at radius 2 is 1.12 bits per heavy atom. The van der Waals surface area contributed by atoms with Crippen LogP contribution in [0.4, 0.5) is 0 Å². The number of carboxylic acids is 1. The van der Waals surface area contributed by atoms with Gasteiger partial charge in [-0.3, -0.25) is 9.59 Å². The highest BCUT2D eigenvalue weighted by Gasteiger charge is 2.25. The molecule has 2 atom stereocenters. The number of carbonyl (C=O) groups excluding carboxylic acids is 3. The summed E-state index contributed by atoms with van der Waals surface area (Å²) in [6.45, 7) is 4.46. The number of aliphatic carboxylic acids is 1. The zero-order valence-electron chi connectivity index (χ0n) is 33.3. The number of unbranched alkanes of at least 4 members (excludes halogenated alkanes) is 13. The van der Waals surface area contributed by atoms with Gasteiger partial charge in [-0.25, -0.2) is 0 Å². The molecule has 0 heterocycles. The smallest absolute Gasteiger partial charge is 0.306 e. The molecule has 51 heavy (non-hydrogen) atoms. The molecular weight excluding hydrogens is 642 g/mol. The van der Waals surface area contributed by atoms with Gasteiger partial charge in [-0.1, -0.05) is 120 Å². The first-order valence-corrected chi connectivity index (χ1v) is 20.2. The van der Waals surface area contributed by atoms with Crippen LogP contribution in [0.2, 0.25) is 0 Å². The molecule has 0 rings (SSSR count). The Bertz CT molecular complexity index is 979. The summed E-state index contributed by atoms with van der Waals surface area (Å²) in [7, 11) is 5.37. The minimum absolute atomic E-state index is 0.0170. The van der Waals surface area contributed by atoms with E-state index in [2.05, 4.69) is 62.5 Å². The lowest BCUT2D eigenvalue weighted by molar-refractivity contribution is -0.889. The molecule has 0 amide bonds. The van der Waals surface area contributed by atoms with Crippen LogP contribution in [0.15, 0.2) is 48.6 Å². The van der Waals surface area contributed by atoms with E-state index in [0.29, 0.717) is 12.8 Å². The summed E-state index contributed by atoms with van der Waals surface area (Å²) >= 11 is 0. The van der Waals surface area contributed by atoms with Crippen LogP contribution in [-0.4, -0.2) is 75.5 Å². The molecule has 0 aliphatic heterocycles. The molecule has 0 aromatic carbocycles. The molecule has 2 unspecified atom stereocenters. The van der Waals surface area contributed by atoms with Gasteiger partial charge < -0.3 is 28.6 Å². The van der Waals surface area contributed by atoms with Crippen LogP contribution >= 0.6 is 0 Å². The average molecular weight is 718 g/mol. The van der Waals surface area contributed by atoms with Crippen molar-refractivity contribution >= 4 is 17.9 Å². The fourth-order valence-corrected chi connectivity index (χ4v) is 5.56. The second kappa shape index (κ2) is 34.4. The number of hydrogen-bond acceptors (Lipinski definition) is 7. The van der Waals surface area contributed by atoms with Crippen molar-refractivity contribution in [1.82, 2.24) is 0 Å². The number of likely N-dealkylation sites (N-methyl/N-ethyl adjacent to an activating group) is 1. The molecule has 8 nitrogen and oxygen atoms in total. The highest BCUT2D eigenvalue weighted by atomic mass is 16.6. The second-order valence-corrected chi connectivity index (χ2v) is 14.5. The molecule has 0 spiro atoms. The van der Waals surface area contributed by atoms with Gasteiger partial charge in [0.15, 0.2) is 6.10 Å². The Morgan fingerprint density at radius 1 is 0.608 bits per heavy atom. The number of carboxylic acid groups (broad SMARTS) is 1. The summed E-state index contributed by atoms with van der Waals surface area (Å²) in [5.74, 6) is -1.82. The molecule has 0 saturated heterocycles. The Balaban J connectivity index is 4.43. The van der Waals surface area contributed by atoms with Crippen molar-refractivity contribution in [3.8, 4) is 0 Å². The second-order valence-electron chi connectivity index (χ2n) is 14.5. The Kier molecular flexibility index (Phi) is 32.6. The van der Waals surface area contributed by atoms with Gasteiger partial charge in [-0.2, -0.15) is 0 Å². The SMILES string of the molecule is CC/C=C/C/C=C/C/C=C/CCCC(=O)OC(COCCC(C(=O)[O-])[N+](C)(C)C)COC(=O)CCCCCCC/C=C/CCCCCCCCC. The van der Waals surface area contributed by atoms with Crippen LogP contribution < -0.4 is 5.11 Å². The van der Waals surface area contributed by atoms with Crippen molar-refractivity contribution in [3.05, 3.63) is 48.6 Å². The number of hydrogen-bond donors (Lipinski definition) is 0. The number of ether oxygens (including phenoxy) is 3. The molecule has 0 aromatic rings. The first-order valence-electron chi connectivity index (χ1n) is 20.2. The fourth-order valence-electron chi connectivity index (χ4n) is 5.56. The molecule has 0 fully saturated rings. The number of nitrogens with zero attached hydrogens (tertiary/aromatic N) is 1. The summed E-state index contributed by atoms with van der Waals surface area (Å²) in [4.78, 5) is 36.7. The highest BCUT2D eigenvalue weighted by Crippen LogP contribution is 2.12.